The summed E-state index contributed by atoms with van der Waals surface area (Å²) in [5.74, 6) is 1.03. The first-order valence-electron chi connectivity index (χ1n) is 8.33. The Kier molecular flexibility index (Phi) is 5.66. The van der Waals surface area contributed by atoms with Crippen molar-refractivity contribution >= 4 is 44.4 Å². The maximum atomic E-state index is 11.5. The first kappa shape index (κ1) is 20.1. The summed E-state index contributed by atoms with van der Waals surface area (Å²) < 4.78 is 37.1. The molecule has 0 fully saturated rings. The number of hydrogen-bond acceptors (Lipinski definition) is 5. The van der Waals surface area contributed by atoms with E-state index >= 15 is 0 Å². The number of urea groups is 1. The standard InChI is InChI=1S/C19H17N3O6S/c1-12(23)20-15-5-8-17(9-6-15)28-18-7-3-13-10-16(4-2-14(13)11-18)21-19(24)22-29(25,26)27/h2-11H,1H3,(H,20,23)(H2,21,22,24)(H,25,26,27). The quantitative estimate of drug-likeness (QED) is 0.471. The minimum absolute atomic E-state index is 0.155. The lowest BCUT2D eigenvalue weighted by Gasteiger charge is -2.10. The van der Waals surface area contributed by atoms with Crippen LogP contribution in [-0.2, 0) is 15.1 Å². The molecule has 3 rings (SSSR count). The van der Waals surface area contributed by atoms with E-state index in [1.54, 1.807) is 60.7 Å². The van der Waals surface area contributed by atoms with E-state index in [2.05, 4.69) is 10.6 Å². The monoisotopic (exact) mass is 415 g/mol. The summed E-state index contributed by atoms with van der Waals surface area (Å²) in [7, 11) is -4.63. The van der Waals surface area contributed by atoms with Gasteiger partial charge in [0.15, 0.2) is 0 Å². The Morgan fingerprint density at radius 3 is 2.07 bits per heavy atom. The summed E-state index contributed by atoms with van der Waals surface area (Å²) in [6.07, 6.45) is 0. The molecule has 4 N–H and O–H groups in total. The predicted octanol–water partition coefficient (Wildman–Crippen LogP) is 3.51. The van der Waals surface area contributed by atoms with Crippen LogP contribution in [0, 0.1) is 0 Å². The molecule has 0 saturated heterocycles. The van der Waals surface area contributed by atoms with Gasteiger partial charge in [0.2, 0.25) is 5.91 Å². The van der Waals surface area contributed by atoms with Crippen LogP contribution >= 0.6 is 0 Å². The van der Waals surface area contributed by atoms with Gasteiger partial charge in [0.05, 0.1) is 0 Å². The maximum absolute atomic E-state index is 11.5. The number of anilines is 2. The molecule has 0 atom stereocenters. The fourth-order valence-electron chi connectivity index (χ4n) is 2.58. The second kappa shape index (κ2) is 8.17. The van der Waals surface area contributed by atoms with Gasteiger partial charge < -0.3 is 15.4 Å². The van der Waals surface area contributed by atoms with E-state index in [-0.39, 0.29) is 5.91 Å². The van der Waals surface area contributed by atoms with Crippen LogP contribution in [0.25, 0.3) is 10.8 Å². The number of benzene rings is 3. The Morgan fingerprint density at radius 1 is 0.828 bits per heavy atom. The molecule has 9 nitrogen and oxygen atoms in total. The number of carbonyl (C=O) groups is 2. The van der Waals surface area contributed by atoms with Gasteiger partial charge in [-0.05, 0) is 59.3 Å². The molecule has 0 unspecified atom stereocenters. The molecular weight excluding hydrogens is 398 g/mol. The zero-order valence-corrected chi connectivity index (χ0v) is 16.0. The Bertz CT molecular complexity index is 1180. The second-order valence-corrected chi connectivity index (χ2v) is 7.22. The highest BCUT2D eigenvalue weighted by Gasteiger charge is 2.10. The lowest BCUT2D eigenvalue weighted by Crippen LogP contribution is -2.33. The topological polar surface area (TPSA) is 134 Å². The molecule has 0 aliphatic heterocycles. The van der Waals surface area contributed by atoms with E-state index in [1.807, 2.05) is 0 Å². The fourth-order valence-corrected chi connectivity index (χ4v) is 2.87. The number of ether oxygens (including phenoxy) is 1. The summed E-state index contributed by atoms with van der Waals surface area (Å²) in [5.41, 5.74) is 1.02. The highest BCUT2D eigenvalue weighted by Crippen LogP contribution is 2.28. The van der Waals surface area contributed by atoms with E-state index in [0.29, 0.717) is 22.9 Å². The van der Waals surface area contributed by atoms with Gasteiger partial charge in [-0.15, -0.1) is 0 Å². The zero-order valence-electron chi connectivity index (χ0n) is 15.2. The summed E-state index contributed by atoms with van der Waals surface area (Å²) in [6, 6.07) is 16.1. The van der Waals surface area contributed by atoms with Crippen LogP contribution in [0.1, 0.15) is 6.92 Å². The highest BCUT2D eigenvalue weighted by molar-refractivity contribution is 7.84. The number of nitrogens with one attached hydrogen (secondary N) is 3. The van der Waals surface area contributed by atoms with Gasteiger partial charge in [0.1, 0.15) is 11.5 Å². The Balaban J connectivity index is 1.72. The van der Waals surface area contributed by atoms with Crippen LogP contribution < -0.4 is 20.1 Å². The third-order valence-electron chi connectivity index (χ3n) is 3.70. The van der Waals surface area contributed by atoms with Crippen molar-refractivity contribution in [3.8, 4) is 11.5 Å². The summed E-state index contributed by atoms with van der Waals surface area (Å²) in [4.78, 5) is 22.6. The van der Waals surface area contributed by atoms with Crippen LogP contribution in [0.15, 0.2) is 60.7 Å². The van der Waals surface area contributed by atoms with Crippen molar-refractivity contribution in [1.29, 1.82) is 0 Å². The summed E-state index contributed by atoms with van der Waals surface area (Å²) in [6.45, 7) is 1.43. The van der Waals surface area contributed by atoms with Crippen molar-refractivity contribution in [2.75, 3.05) is 10.6 Å². The first-order valence-corrected chi connectivity index (χ1v) is 9.77. The van der Waals surface area contributed by atoms with Crippen molar-refractivity contribution in [3.05, 3.63) is 60.7 Å². The molecule has 0 bridgehead atoms. The molecule has 0 aliphatic rings. The smallest absolute Gasteiger partial charge is 0.361 e. The van der Waals surface area contributed by atoms with Crippen molar-refractivity contribution < 1.29 is 27.3 Å². The maximum Gasteiger partial charge on any atom is 0.361 e. The molecule has 0 saturated carbocycles. The van der Waals surface area contributed by atoms with Gasteiger partial charge in [-0.2, -0.15) is 8.42 Å². The molecule has 0 aromatic heterocycles. The molecule has 10 heteroatoms. The molecule has 0 spiro atoms. The fraction of sp³-hybridized carbons (Fsp3) is 0.0526. The van der Waals surface area contributed by atoms with Crippen LogP contribution in [0.5, 0.6) is 11.5 Å². The normalized spacial score (nSPS) is 11.0. The highest BCUT2D eigenvalue weighted by atomic mass is 32.2. The number of hydrogen-bond donors (Lipinski definition) is 4. The van der Waals surface area contributed by atoms with Gasteiger partial charge >= 0.3 is 16.3 Å². The van der Waals surface area contributed by atoms with Gasteiger partial charge in [-0.1, -0.05) is 12.1 Å². The van der Waals surface area contributed by atoms with Gasteiger partial charge in [0.25, 0.3) is 0 Å². The average Bonchev–Trinajstić information content (AvgIpc) is 2.61. The van der Waals surface area contributed by atoms with Crippen molar-refractivity contribution in [2.24, 2.45) is 0 Å². The summed E-state index contributed by atoms with van der Waals surface area (Å²) in [5, 5.41) is 6.60. The van der Waals surface area contributed by atoms with E-state index < -0.39 is 16.3 Å². The van der Waals surface area contributed by atoms with Crippen LogP contribution in [0.4, 0.5) is 16.2 Å². The minimum Gasteiger partial charge on any atom is -0.457 e. The average molecular weight is 415 g/mol. The predicted molar refractivity (Wildman–Crippen MR) is 108 cm³/mol. The van der Waals surface area contributed by atoms with E-state index in [0.717, 1.165) is 10.8 Å². The number of amides is 3. The van der Waals surface area contributed by atoms with Crippen molar-refractivity contribution in [1.82, 2.24) is 4.72 Å². The minimum atomic E-state index is -4.63. The van der Waals surface area contributed by atoms with Crippen LogP contribution in [0.3, 0.4) is 0 Å². The summed E-state index contributed by atoms with van der Waals surface area (Å²) >= 11 is 0. The van der Waals surface area contributed by atoms with Crippen molar-refractivity contribution in [2.45, 2.75) is 6.92 Å². The SMILES string of the molecule is CC(=O)Nc1ccc(Oc2ccc3cc(NC(=O)NS(=O)(=O)O)ccc3c2)cc1. The molecule has 0 radical (unpaired) electrons. The first-order chi connectivity index (χ1) is 13.7. The number of rotatable bonds is 5. The molecule has 3 aromatic rings. The second-order valence-electron chi connectivity index (χ2n) is 6.06. The van der Waals surface area contributed by atoms with Crippen LogP contribution in [-0.4, -0.2) is 24.9 Å². The Hall–Kier alpha value is -3.63. The molecule has 29 heavy (non-hydrogen) atoms. The zero-order chi connectivity index (χ0) is 21.0. The molecule has 0 heterocycles. The molecule has 0 aliphatic carbocycles. The third kappa shape index (κ3) is 5.92. The molecular formula is C19H17N3O6S. The molecule has 3 amide bonds. The lowest BCUT2D eigenvalue weighted by molar-refractivity contribution is -0.114. The number of fused-ring (bicyclic) bond motifs is 1. The Labute approximate surface area is 166 Å². The van der Waals surface area contributed by atoms with Gasteiger partial charge in [-0.3, -0.25) is 9.35 Å². The Morgan fingerprint density at radius 2 is 1.41 bits per heavy atom. The van der Waals surface area contributed by atoms with E-state index in [9.17, 15) is 18.0 Å². The third-order valence-corrected chi connectivity index (χ3v) is 4.14. The molecule has 150 valence electrons. The number of carbonyl (C=O) groups excluding carboxylic acids is 2. The van der Waals surface area contributed by atoms with E-state index in [4.69, 9.17) is 9.29 Å². The van der Waals surface area contributed by atoms with Crippen molar-refractivity contribution in [3.63, 3.8) is 0 Å². The van der Waals surface area contributed by atoms with Gasteiger partial charge in [-0.25, -0.2) is 9.52 Å². The van der Waals surface area contributed by atoms with Gasteiger partial charge in [0, 0.05) is 18.3 Å². The largest absolute Gasteiger partial charge is 0.457 e. The molecule has 3 aromatic carbocycles. The van der Waals surface area contributed by atoms with Crippen LogP contribution in [0.2, 0.25) is 0 Å². The lowest BCUT2D eigenvalue weighted by atomic mass is 10.1. The van der Waals surface area contributed by atoms with E-state index in [1.165, 1.54) is 11.6 Å².